The summed E-state index contributed by atoms with van der Waals surface area (Å²) in [6.07, 6.45) is 0.0389. The van der Waals surface area contributed by atoms with Crippen molar-refractivity contribution in [3.8, 4) is 5.82 Å². The number of halogens is 3. The Kier molecular flexibility index (Phi) is 6.35. The van der Waals surface area contributed by atoms with Gasteiger partial charge in [-0.2, -0.15) is 23.0 Å². The molecule has 0 radical (unpaired) electrons. The van der Waals surface area contributed by atoms with Crippen LogP contribution in [0.3, 0.4) is 0 Å². The molecule has 1 fully saturated rings. The molecule has 1 amide bonds. The number of rotatable bonds is 6. The molecule has 2 aromatic heterocycles. The highest BCUT2D eigenvalue weighted by atomic mass is 19.4. The Morgan fingerprint density at radius 1 is 1.18 bits per heavy atom. The van der Waals surface area contributed by atoms with Crippen molar-refractivity contribution in [3.05, 3.63) is 46.8 Å². The Morgan fingerprint density at radius 3 is 2.55 bits per heavy atom. The maximum absolute atomic E-state index is 13.0. The normalized spacial score (nSPS) is 15.2. The summed E-state index contributed by atoms with van der Waals surface area (Å²) >= 11 is 0. The van der Waals surface area contributed by atoms with E-state index in [1.54, 1.807) is 0 Å². The van der Waals surface area contributed by atoms with Gasteiger partial charge in [0.2, 0.25) is 11.6 Å². The van der Waals surface area contributed by atoms with E-state index in [0.717, 1.165) is 49.2 Å². The number of carbonyl (C=O) groups excluding carboxylic acids is 1. The van der Waals surface area contributed by atoms with Crippen molar-refractivity contribution in [2.75, 3.05) is 18.8 Å². The number of benzene rings is 1. The van der Waals surface area contributed by atoms with E-state index in [0.29, 0.717) is 17.8 Å². The van der Waals surface area contributed by atoms with Gasteiger partial charge in [0, 0.05) is 6.54 Å². The molecule has 14 heteroatoms. The number of nitrogens with one attached hydrogen (secondary N) is 1. The number of alkyl halides is 3. The predicted molar refractivity (Wildman–Crippen MR) is 109 cm³/mol. The van der Waals surface area contributed by atoms with Gasteiger partial charge in [-0.05, 0) is 53.9 Å². The number of anilines is 1. The van der Waals surface area contributed by atoms with Crippen LogP contribution in [0.2, 0.25) is 0 Å². The molecule has 3 heterocycles. The van der Waals surface area contributed by atoms with E-state index in [4.69, 9.17) is 5.73 Å². The smallest absolute Gasteiger partial charge is 0.378 e. The van der Waals surface area contributed by atoms with Gasteiger partial charge >= 0.3 is 6.18 Å². The Morgan fingerprint density at radius 2 is 1.91 bits per heavy atom. The number of hydrogen-bond donors (Lipinski definition) is 2. The molecule has 11 nitrogen and oxygen atoms in total. The predicted octanol–water partition coefficient (Wildman–Crippen LogP) is 2.00. The van der Waals surface area contributed by atoms with Crippen LogP contribution in [-0.2, 0) is 12.7 Å². The van der Waals surface area contributed by atoms with Crippen LogP contribution in [0.1, 0.15) is 46.6 Å². The molecule has 1 saturated heterocycles. The van der Waals surface area contributed by atoms with E-state index in [-0.39, 0.29) is 17.3 Å². The van der Waals surface area contributed by atoms with Gasteiger partial charge in [0.1, 0.15) is 5.69 Å². The molecular formula is C19H20F3N9O2. The average Bonchev–Trinajstić information content (AvgIpc) is 3.40. The first-order valence-corrected chi connectivity index (χ1v) is 10.1. The number of nitrogen functional groups attached to an aromatic ring is 1. The molecule has 1 aliphatic rings. The third kappa shape index (κ3) is 5.16. The van der Waals surface area contributed by atoms with Crippen LogP contribution >= 0.6 is 0 Å². The number of nitrogens with two attached hydrogens (primary N) is 1. The maximum Gasteiger partial charge on any atom is 0.416 e. The van der Waals surface area contributed by atoms with Gasteiger partial charge in [0.05, 0.1) is 11.8 Å². The summed E-state index contributed by atoms with van der Waals surface area (Å²) in [5, 5.41) is 19.1. The Balaban J connectivity index is 1.54. The second-order valence-electron chi connectivity index (χ2n) is 7.43. The number of hydrogen-bond acceptors (Lipinski definition) is 9. The molecule has 1 aliphatic heterocycles. The SMILES string of the molecule is Nc1nonc1-n1nnc(CN2CCCCC2)c1C(=O)N/N=C\c1ccc(C(F)(F)F)cc1. The lowest BCUT2D eigenvalue weighted by Gasteiger charge is -2.25. The molecule has 0 saturated carbocycles. The van der Waals surface area contributed by atoms with E-state index < -0.39 is 17.6 Å². The molecular weight excluding hydrogens is 443 g/mol. The van der Waals surface area contributed by atoms with Crippen LogP contribution in [0.15, 0.2) is 34.0 Å². The van der Waals surface area contributed by atoms with Gasteiger partial charge in [-0.15, -0.1) is 5.10 Å². The van der Waals surface area contributed by atoms with E-state index in [9.17, 15) is 18.0 Å². The monoisotopic (exact) mass is 463 g/mol. The van der Waals surface area contributed by atoms with E-state index in [1.165, 1.54) is 18.3 Å². The van der Waals surface area contributed by atoms with Crippen molar-refractivity contribution in [2.45, 2.75) is 32.0 Å². The zero-order chi connectivity index (χ0) is 23.4. The van der Waals surface area contributed by atoms with Crippen molar-refractivity contribution >= 4 is 17.9 Å². The van der Waals surface area contributed by atoms with Gasteiger partial charge in [0.15, 0.2) is 5.69 Å². The molecule has 3 aromatic rings. The molecule has 0 unspecified atom stereocenters. The van der Waals surface area contributed by atoms with Crippen molar-refractivity contribution in [2.24, 2.45) is 5.10 Å². The topological polar surface area (TPSA) is 140 Å². The second-order valence-corrected chi connectivity index (χ2v) is 7.43. The van der Waals surface area contributed by atoms with Crippen molar-refractivity contribution in [1.29, 1.82) is 0 Å². The largest absolute Gasteiger partial charge is 0.416 e. The first-order chi connectivity index (χ1) is 15.8. The third-order valence-corrected chi connectivity index (χ3v) is 5.09. The van der Waals surface area contributed by atoms with E-state index in [1.807, 2.05) is 0 Å². The van der Waals surface area contributed by atoms with Gasteiger partial charge in [-0.3, -0.25) is 9.69 Å². The molecule has 0 atom stereocenters. The molecule has 0 bridgehead atoms. The number of amides is 1. The quantitative estimate of drug-likeness (QED) is 0.418. The fourth-order valence-corrected chi connectivity index (χ4v) is 3.44. The third-order valence-electron chi connectivity index (χ3n) is 5.09. The summed E-state index contributed by atoms with van der Waals surface area (Å²) in [4.78, 5) is 15.1. The summed E-state index contributed by atoms with van der Waals surface area (Å²) < 4.78 is 43.8. The fraction of sp³-hybridized carbons (Fsp3) is 0.368. The van der Waals surface area contributed by atoms with Crippen molar-refractivity contribution < 1.29 is 22.6 Å². The average molecular weight is 463 g/mol. The summed E-state index contributed by atoms with van der Waals surface area (Å²) in [6, 6.07) is 4.35. The van der Waals surface area contributed by atoms with Crippen molar-refractivity contribution in [3.63, 3.8) is 0 Å². The highest BCUT2D eigenvalue weighted by Gasteiger charge is 2.30. The highest BCUT2D eigenvalue weighted by molar-refractivity contribution is 5.95. The number of hydrazone groups is 1. The molecule has 3 N–H and O–H groups in total. The zero-order valence-corrected chi connectivity index (χ0v) is 17.3. The van der Waals surface area contributed by atoms with Crippen LogP contribution in [0, 0.1) is 0 Å². The molecule has 4 rings (SSSR count). The van der Waals surface area contributed by atoms with Gasteiger partial charge in [-0.25, -0.2) is 10.1 Å². The minimum Gasteiger partial charge on any atom is -0.378 e. The maximum atomic E-state index is 13.0. The fourth-order valence-electron chi connectivity index (χ4n) is 3.44. The lowest BCUT2D eigenvalue weighted by Crippen LogP contribution is -2.31. The number of nitrogens with zero attached hydrogens (tertiary/aromatic N) is 7. The summed E-state index contributed by atoms with van der Waals surface area (Å²) in [7, 11) is 0. The molecule has 0 spiro atoms. The number of aromatic nitrogens is 5. The molecule has 0 aliphatic carbocycles. The van der Waals surface area contributed by atoms with Crippen LogP contribution in [-0.4, -0.2) is 55.4 Å². The minimum atomic E-state index is -4.43. The number of likely N-dealkylation sites (tertiary alicyclic amines) is 1. The summed E-state index contributed by atoms with van der Waals surface area (Å²) in [6.45, 7) is 2.12. The summed E-state index contributed by atoms with van der Waals surface area (Å²) in [5.74, 6) is -0.728. The Hall–Kier alpha value is -3.81. The van der Waals surface area contributed by atoms with Crippen molar-refractivity contribution in [1.82, 2.24) is 35.6 Å². The highest BCUT2D eigenvalue weighted by Crippen LogP contribution is 2.28. The van der Waals surface area contributed by atoms with Crippen LogP contribution < -0.4 is 11.2 Å². The molecule has 33 heavy (non-hydrogen) atoms. The van der Waals surface area contributed by atoms with Crippen LogP contribution in [0.25, 0.3) is 5.82 Å². The zero-order valence-electron chi connectivity index (χ0n) is 17.3. The Labute approximate surface area is 185 Å². The minimum absolute atomic E-state index is 0.00395. The van der Waals surface area contributed by atoms with E-state index >= 15 is 0 Å². The van der Waals surface area contributed by atoms with Gasteiger partial charge in [-0.1, -0.05) is 23.8 Å². The molecule has 1 aromatic carbocycles. The summed E-state index contributed by atoms with van der Waals surface area (Å²) in [5.41, 5.74) is 8.12. The van der Waals surface area contributed by atoms with Gasteiger partial charge in [0.25, 0.3) is 5.91 Å². The Bertz CT molecular complexity index is 1130. The number of carbonyl (C=O) groups is 1. The van der Waals surface area contributed by atoms with Crippen LogP contribution in [0.4, 0.5) is 19.0 Å². The second kappa shape index (κ2) is 9.36. The standard InChI is InChI=1S/C19H20F3N9O2/c20-19(21,22)13-6-4-12(5-7-13)10-24-26-18(32)15-14(11-30-8-2-1-3-9-30)25-29-31(15)17-16(23)27-33-28-17/h4-7,10H,1-3,8-9,11H2,(H2,23,27)(H,26,32)/b24-10-. The lowest BCUT2D eigenvalue weighted by atomic mass is 10.1. The first-order valence-electron chi connectivity index (χ1n) is 10.1. The first kappa shape index (κ1) is 22.4. The lowest BCUT2D eigenvalue weighted by molar-refractivity contribution is -0.137. The van der Waals surface area contributed by atoms with Gasteiger partial charge < -0.3 is 5.73 Å². The van der Waals surface area contributed by atoms with E-state index in [2.05, 4.69) is 40.7 Å². The molecule has 174 valence electrons. The number of piperidine rings is 1. The van der Waals surface area contributed by atoms with Crippen LogP contribution in [0.5, 0.6) is 0 Å².